The summed E-state index contributed by atoms with van der Waals surface area (Å²) >= 11 is 9.06. The van der Waals surface area contributed by atoms with E-state index in [4.69, 9.17) is 11.6 Å². The lowest BCUT2D eigenvalue weighted by Crippen LogP contribution is -2.36. The number of hydrogen-bond acceptors (Lipinski definition) is 1. The predicted octanol–water partition coefficient (Wildman–Crippen LogP) is 4.31. The summed E-state index contributed by atoms with van der Waals surface area (Å²) in [7, 11) is 0. The Hall–Kier alpha value is -0.810. The zero-order valence-electron chi connectivity index (χ0n) is 9.60. The van der Waals surface area contributed by atoms with Gasteiger partial charge in [-0.15, -0.1) is 0 Å². The summed E-state index contributed by atoms with van der Waals surface area (Å²) in [6, 6.07) is 2.34. The van der Waals surface area contributed by atoms with Crippen molar-refractivity contribution >= 4 is 39.2 Å². The van der Waals surface area contributed by atoms with E-state index in [1.165, 1.54) is 6.07 Å². The SMILES string of the molecule is O=C(Nc1c(Cl)cc(F)cc1Br)NC1CCCC1. The normalized spacial score (nSPS) is 15.7. The zero-order valence-corrected chi connectivity index (χ0v) is 11.9. The number of anilines is 1. The maximum Gasteiger partial charge on any atom is 0.319 e. The molecule has 1 aromatic rings. The van der Waals surface area contributed by atoms with Crippen molar-refractivity contribution in [2.45, 2.75) is 31.7 Å². The van der Waals surface area contributed by atoms with E-state index < -0.39 is 5.82 Å². The summed E-state index contributed by atoms with van der Waals surface area (Å²) in [5.41, 5.74) is 0.383. The molecule has 1 aliphatic rings. The van der Waals surface area contributed by atoms with Crippen molar-refractivity contribution in [3.63, 3.8) is 0 Å². The van der Waals surface area contributed by atoms with E-state index in [0.717, 1.165) is 31.7 Å². The van der Waals surface area contributed by atoms with Crippen LogP contribution in [0.5, 0.6) is 0 Å². The molecule has 1 saturated carbocycles. The van der Waals surface area contributed by atoms with E-state index in [1.807, 2.05) is 0 Å². The molecule has 2 amide bonds. The van der Waals surface area contributed by atoms with Gasteiger partial charge in [-0.25, -0.2) is 9.18 Å². The second kappa shape index (κ2) is 5.89. The van der Waals surface area contributed by atoms with Crippen molar-refractivity contribution in [3.8, 4) is 0 Å². The third-order valence-corrected chi connectivity index (χ3v) is 3.86. The first kappa shape index (κ1) is 13.6. The average Bonchev–Trinajstić information content (AvgIpc) is 2.76. The molecule has 6 heteroatoms. The van der Waals surface area contributed by atoms with Crippen molar-refractivity contribution in [1.29, 1.82) is 0 Å². The van der Waals surface area contributed by atoms with Crippen LogP contribution in [0.3, 0.4) is 0 Å². The predicted molar refractivity (Wildman–Crippen MR) is 73.5 cm³/mol. The van der Waals surface area contributed by atoms with E-state index in [-0.39, 0.29) is 17.1 Å². The summed E-state index contributed by atoms with van der Waals surface area (Å²) < 4.78 is 13.5. The van der Waals surface area contributed by atoms with Crippen LogP contribution in [0.25, 0.3) is 0 Å². The van der Waals surface area contributed by atoms with Crippen LogP contribution < -0.4 is 10.6 Å². The molecule has 0 unspecified atom stereocenters. The second-order valence-corrected chi connectivity index (χ2v) is 5.59. The molecule has 2 rings (SSSR count). The Morgan fingerprint density at radius 1 is 1.39 bits per heavy atom. The molecule has 98 valence electrons. The Morgan fingerprint density at radius 3 is 2.67 bits per heavy atom. The number of rotatable bonds is 2. The van der Waals surface area contributed by atoms with E-state index in [9.17, 15) is 9.18 Å². The van der Waals surface area contributed by atoms with Crippen LogP contribution in [0.4, 0.5) is 14.9 Å². The Kier molecular flexibility index (Phi) is 4.45. The molecule has 0 heterocycles. The molecule has 1 aliphatic carbocycles. The maximum absolute atomic E-state index is 13.0. The van der Waals surface area contributed by atoms with Gasteiger partial charge in [0.15, 0.2) is 0 Å². The van der Waals surface area contributed by atoms with Gasteiger partial charge in [-0.1, -0.05) is 24.4 Å². The number of amides is 2. The number of nitrogens with one attached hydrogen (secondary N) is 2. The van der Waals surface area contributed by atoms with Gasteiger partial charge in [-0.05, 0) is 40.9 Å². The molecule has 0 saturated heterocycles. The van der Waals surface area contributed by atoms with Gasteiger partial charge in [0.1, 0.15) is 5.82 Å². The van der Waals surface area contributed by atoms with Crippen molar-refractivity contribution in [2.24, 2.45) is 0 Å². The maximum atomic E-state index is 13.0. The van der Waals surface area contributed by atoms with Crippen LogP contribution in [0.15, 0.2) is 16.6 Å². The fourth-order valence-electron chi connectivity index (χ4n) is 2.07. The van der Waals surface area contributed by atoms with Crippen LogP contribution in [0.2, 0.25) is 5.02 Å². The summed E-state index contributed by atoms with van der Waals surface area (Å²) in [5.74, 6) is -0.450. The standard InChI is InChI=1S/C12H13BrClFN2O/c13-9-5-7(15)6-10(14)11(9)17-12(18)16-8-3-1-2-4-8/h5-6,8H,1-4H2,(H2,16,17,18). The largest absolute Gasteiger partial charge is 0.335 e. The highest BCUT2D eigenvalue weighted by atomic mass is 79.9. The molecule has 3 nitrogen and oxygen atoms in total. The topological polar surface area (TPSA) is 41.1 Å². The van der Waals surface area contributed by atoms with Gasteiger partial charge in [-0.2, -0.15) is 0 Å². The van der Waals surface area contributed by atoms with E-state index in [1.54, 1.807) is 0 Å². The molecular weight excluding hydrogens is 323 g/mol. The molecule has 2 N–H and O–H groups in total. The van der Waals surface area contributed by atoms with Crippen molar-refractivity contribution in [2.75, 3.05) is 5.32 Å². The number of benzene rings is 1. The smallest absolute Gasteiger partial charge is 0.319 e. The lowest BCUT2D eigenvalue weighted by molar-refractivity contribution is 0.248. The molecule has 0 atom stereocenters. The highest BCUT2D eigenvalue weighted by Gasteiger charge is 2.18. The van der Waals surface area contributed by atoms with Crippen LogP contribution in [-0.2, 0) is 0 Å². The third kappa shape index (κ3) is 3.36. The first-order valence-electron chi connectivity index (χ1n) is 5.78. The Balaban J connectivity index is 2.02. The highest BCUT2D eigenvalue weighted by molar-refractivity contribution is 9.10. The molecule has 0 spiro atoms. The highest BCUT2D eigenvalue weighted by Crippen LogP contribution is 2.31. The Morgan fingerprint density at radius 2 is 2.06 bits per heavy atom. The van der Waals surface area contributed by atoms with E-state index >= 15 is 0 Å². The van der Waals surface area contributed by atoms with Gasteiger partial charge in [0, 0.05) is 10.5 Å². The molecule has 0 radical (unpaired) electrons. The van der Waals surface area contributed by atoms with Crippen molar-refractivity contribution in [1.82, 2.24) is 5.32 Å². The van der Waals surface area contributed by atoms with Gasteiger partial charge < -0.3 is 10.6 Å². The molecule has 1 aromatic carbocycles. The fourth-order valence-corrected chi connectivity index (χ4v) is 2.97. The van der Waals surface area contributed by atoms with Crippen LogP contribution in [0, 0.1) is 5.82 Å². The summed E-state index contributed by atoms with van der Waals surface area (Å²) in [5, 5.41) is 5.68. The lowest BCUT2D eigenvalue weighted by atomic mass is 10.2. The van der Waals surface area contributed by atoms with Gasteiger partial charge in [0.05, 0.1) is 10.7 Å². The van der Waals surface area contributed by atoms with Crippen molar-refractivity contribution < 1.29 is 9.18 Å². The second-order valence-electron chi connectivity index (χ2n) is 4.32. The monoisotopic (exact) mass is 334 g/mol. The van der Waals surface area contributed by atoms with Crippen LogP contribution >= 0.6 is 27.5 Å². The number of urea groups is 1. The molecule has 1 fully saturated rings. The minimum atomic E-state index is -0.450. The first-order valence-corrected chi connectivity index (χ1v) is 6.95. The fraction of sp³-hybridized carbons (Fsp3) is 0.417. The number of hydrogen-bond donors (Lipinski definition) is 2. The average molecular weight is 336 g/mol. The van der Waals surface area contributed by atoms with Gasteiger partial charge in [0.25, 0.3) is 0 Å². The van der Waals surface area contributed by atoms with Crippen LogP contribution in [0.1, 0.15) is 25.7 Å². The molecule has 18 heavy (non-hydrogen) atoms. The van der Waals surface area contributed by atoms with Crippen molar-refractivity contribution in [3.05, 3.63) is 27.4 Å². The van der Waals surface area contributed by atoms with E-state index in [2.05, 4.69) is 26.6 Å². The first-order chi connectivity index (χ1) is 8.56. The van der Waals surface area contributed by atoms with Crippen LogP contribution in [-0.4, -0.2) is 12.1 Å². The molecule has 0 aliphatic heterocycles. The minimum absolute atomic E-state index is 0.170. The van der Waals surface area contributed by atoms with E-state index in [0.29, 0.717) is 10.2 Å². The Bertz CT molecular complexity index is 440. The molecular formula is C12H13BrClFN2O. The van der Waals surface area contributed by atoms with Gasteiger partial charge in [-0.3, -0.25) is 0 Å². The summed E-state index contributed by atoms with van der Waals surface area (Å²) in [4.78, 5) is 11.8. The minimum Gasteiger partial charge on any atom is -0.335 e. The third-order valence-electron chi connectivity index (χ3n) is 2.94. The number of carbonyl (C=O) groups excluding carboxylic acids is 1. The molecule has 0 bridgehead atoms. The number of carbonyl (C=O) groups is 1. The summed E-state index contributed by atoms with van der Waals surface area (Å²) in [6.07, 6.45) is 4.30. The quantitative estimate of drug-likeness (QED) is 0.831. The Labute approximate surface area is 118 Å². The van der Waals surface area contributed by atoms with Gasteiger partial charge >= 0.3 is 6.03 Å². The zero-order chi connectivity index (χ0) is 13.1. The number of halogens is 3. The van der Waals surface area contributed by atoms with Gasteiger partial charge in [0.2, 0.25) is 0 Å². The molecule has 0 aromatic heterocycles. The lowest BCUT2D eigenvalue weighted by Gasteiger charge is -2.14. The summed E-state index contributed by atoms with van der Waals surface area (Å²) in [6.45, 7) is 0.